The first-order chi connectivity index (χ1) is 6.86. The molecular formula is C9H16N4S. The molecule has 1 N–H and O–H groups in total. The van der Waals surface area contributed by atoms with Crippen LogP contribution in [-0.2, 0) is 7.05 Å². The van der Waals surface area contributed by atoms with Crippen LogP contribution in [0, 0.1) is 0 Å². The number of aromatic nitrogens is 3. The molecule has 1 aromatic rings. The summed E-state index contributed by atoms with van der Waals surface area (Å²) in [5, 5.41) is 11.8. The number of nitrogens with zero attached hydrogens (tertiary/aromatic N) is 3. The second-order valence-electron chi connectivity index (χ2n) is 3.61. The molecule has 5 heteroatoms. The van der Waals surface area contributed by atoms with E-state index >= 15 is 0 Å². The minimum Gasteiger partial charge on any atom is -0.368 e. The molecule has 0 aromatic carbocycles. The Morgan fingerprint density at radius 1 is 1.64 bits per heavy atom. The molecule has 14 heavy (non-hydrogen) atoms. The number of anilines is 1. The predicted octanol–water partition coefficient (Wildman–Crippen LogP) is 1.51. The maximum absolute atomic E-state index is 3.88. The van der Waals surface area contributed by atoms with Crippen molar-refractivity contribution in [2.45, 2.75) is 24.5 Å². The first-order valence-corrected chi connectivity index (χ1v) is 6.11. The Kier molecular flexibility index (Phi) is 3.29. The summed E-state index contributed by atoms with van der Waals surface area (Å²) in [4.78, 5) is 0. The quantitative estimate of drug-likeness (QED) is 0.825. The van der Waals surface area contributed by atoms with Gasteiger partial charge < -0.3 is 5.32 Å². The van der Waals surface area contributed by atoms with E-state index in [1.807, 2.05) is 7.05 Å². The fraction of sp³-hybridized carbons (Fsp3) is 0.778. The monoisotopic (exact) mass is 212 g/mol. The molecule has 1 aliphatic rings. The molecule has 0 amide bonds. The fourth-order valence-corrected chi connectivity index (χ4v) is 2.88. The summed E-state index contributed by atoms with van der Waals surface area (Å²) in [5.41, 5.74) is 0. The van der Waals surface area contributed by atoms with Gasteiger partial charge in [-0.15, -0.1) is 5.10 Å². The standard InChI is InChI=1S/C9H16N4S/c1-13-9(7-11-12-13)10-6-8-4-2-3-5-14-8/h7-8,10H,2-6H2,1H3. The van der Waals surface area contributed by atoms with E-state index in [2.05, 4.69) is 27.4 Å². The van der Waals surface area contributed by atoms with Crippen molar-refractivity contribution in [1.82, 2.24) is 15.0 Å². The van der Waals surface area contributed by atoms with Crippen LogP contribution in [0.2, 0.25) is 0 Å². The van der Waals surface area contributed by atoms with Crippen LogP contribution in [-0.4, -0.2) is 32.5 Å². The van der Waals surface area contributed by atoms with E-state index in [1.165, 1.54) is 25.0 Å². The summed E-state index contributed by atoms with van der Waals surface area (Å²) in [6.07, 6.45) is 5.87. The molecule has 1 aromatic heterocycles. The van der Waals surface area contributed by atoms with E-state index in [1.54, 1.807) is 10.9 Å². The lowest BCUT2D eigenvalue weighted by molar-refractivity contribution is 0.670. The second-order valence-corrected chi connectivity index (χ2v) is 5.02. The Balaban J connectivity index is 1.79. The van der Waals surface area contributed by atoms with Gasteiger partial charge in [-0.2, -0.15) is 11.8 Å². The number of thioether (sulfide) groups is 1. The molecule has 0 spiro atoms. The van der Waals surface area contributed by atoms with Gasteiger partial charge in [0.1, 0.15) is 5.82 Å². The van der Waals surface area contributed by atoms with Crippen LogP contribution in [0.25, 0.3) is 0 Å². The molecule has 4 nitrogen and oxygen atoms in total. The van der Waals surface area contributed by atoms with Crippen LogP contribution in [0.15, 0.2) is 6.20 Å². The van der Waals surface area contributed by atoms with Gasteiger partial charge in [-0.25, -0.2) is 4.68 Å². The average Bonchev–Trinajstić information content (AvgIpc) is 2.63. The molecule has 2 rings (SSSR count). The van der Waals surface area contributed by atoms with E-state index in [-0.39, 0.29) is 0 Å². The lowest BCUT2D eigenvalue weighted by atomic mass is 10.2. The number of hydrogen-bond acceptors (Lipinski definition) is 4. The van der Waals surface area contributed by atoms with E-state index in [4.69, 9.17) is 0 Å². The minimum atomic E-state index is 0.763. The van der Waals surface area contributed by atoms with Crippen molar-refractivity contribution in [1.29, 1.82) is 0 Å². The van der Waals surface area contributed by atoms with Gasteiger partial charge in [-0.3, -0.25) is 0 Å². The highest BCUT2D eigenvalue weighted by atomic mass is 32.2. The lowest BCUT2D eigenvalue weighted by Crippen LogP contribution is -2.21. The summed E-state index contributed by atoms with van der Waals surface area (Å²) in [7, 11) is 1.91. The van der Waals surface area contributed by atoms with E-state index in [9.17, 15) is 0 Å². The Morgan fingerprint density at radius 3 is 3.21 bits per heavy atom. The Hall–Kier alpha value is -0.710. The van der Waals surface area contributed by atoms with Gasteiger partial charge in [0.15, 0.2) is 0 Å². The van der Waals surface area contributed by atoms with Crippen molar-refractivity contribution in [3.63, 3.8) is 0 Å². The SMILES string of the molecule is Cn1nncc1NCC1CCCCS1. The summed E-state index contributed by atoms with van der Waals surface area (Å²) < 4.78 is 1.77. The summed E-state index contributed by atoms with van der Waals surface area (Å²) >= 11 is 2.08. The van der Waals surface area contributed by atoms with Crippen LogP contribution in [0.4, 0.5) is 5.82 Å². The van der Waals surface area contributed by atoms with E-state index in [0.29, 0.717) is 0 Å². The third-order valence-corrected chi connectivity index (χ3v) is 3.90. The number of rotatable bonds is 3. The fourth-order valence-electron chi connectivity index (χ4n) is 1.64. The van der Waals surface area contributed by atoms with E-state index < -0.39 is 0 Å². The van der Waals surface area contributed by atoms with Crippen LogP contribution in [0.1, 0.15) is 19.3 Å². The van der Waals surface area contributed by atoms with Crippen LogP contribution in [0.5, 0.6) is 0 Å². The molecule has 2 heterocycles. The highest BCUT2D eigenvalue weighted by molar-refractivity contribution is 7.99. The van der Waals surface area contributed by atoms with E-state index in [0.717, 1.165) is 17.6 Å². The van der Waals surface area contributed by atoms with Gasteiger partial charge in [0.05, 0.1) is 6.20 Å². The molecule has 78 valence electrons. The molecular weight excluding hydrogens is 196 g/mol. The Bertz CT molecular complexity index is 280. The smallest absolute Gasteiger partial charge is 0.144 e. The maximum atomic E-state index is 3.88. The zero-order valence-electron chi connectivity index (χ0n) is 8.44. The summed E-state index contributed by atoms with van der Waals surface area (Å²) in [6.45, 7) is 1.03. The van der Waals surface area contributed by atoms with Gasteiger partial charge in [-0.05, 0) is 18.6 Å². The van der Waals surface area contributed by atoms with Crippen LogP contribution < -0.4 is 5.32 Å². The molecule has 1 fully saturated rings. The first kappa shape index (κ1) is 9.83. The zero-order valence-corrected chi connectivity index (χ0v) is 9.26. The molecule has 0 aliphatic carbocycles. The Labute approximate surface area is 88.4 Å². The van der Waals surface area contributed by atoms with Gasteiger partial charge in [-0.1, -0.05) is 11.6 Å². The lowest BCUT2D eigenvalue weighted by Gasteiger charge is -2.21. The highest BCUT2D eigenvalue weighted by Crippen LogP contribution is 2.24. The third-order valence-electron chi connectivity index (χ3n) is 2.50. The molecule has 1 unspecified atom stereocenters. The predicted molar refractivity (Wildman–Crippen MR) is 59.6 cm³/mol. The van der Waals surface area contributed by atoms with Gasteiger partial charge in [0.2, 0.25) is 0 Å². The van der Waals surface area contributed by atoms with Gasteiger partial charge in [0.25, 0.3) is 0 Å². The first-order valence-electron chi connectivity index (χ1n) is 5.06. The van der Waals surface area contributed by atoms with Crippen molar-refractivity contribution >= 4 is 17.6 Å². The van der Waals surface area contributed by atoms with Gasteiger partial charge >= 0.3 is 0 Å². The Morgan fingerprint density at radius 2 is 2.57 bits per heavy atom. The van der Waals surface area contributed by atoms with Crippen molar-refractivity contribution in [3.05, 3.63) is 6.20 Å². The second kappa shape index (κ2) is 4.68. The van der Waals surface area contributed by atoms with Crippen LogP contribution >= 0.6 is 11.8 Å². The third kappa shape index (κ3) is 2.41. The molecule has 0 saturated carbocycles. The van der Waals surface area contributed by atoms with Crippen molar-refractivity contribution in [3.8, 4) is 0 Å². The van der Waals surface area contributed by atoms with Crippen molar-refractivity contribution < 1.29 is 0 Å². The number of hydrogen-bond donors (Lipinski definition) is 1. The molecule has 0 radical (unpaired) electrons. The van der Waals surface area contributed by atoms with Crippen molar-refractivity contribution in [2.75, 3.05) is 17.6 Å². The van der Waals surface area contributed by atoms with Crippen LogP contribution in [0.3, 0.4) is 0 Å². The highest BCUT2D eigenvalue weighted by Gasteiger charge is 2.13. The molecule has 1 atom stereocenters. The average molecular weight is 212 g/mol. The summed E-state index contributed by atoms with van der Waals surface area (Å²) in [6, 6.07) is 0. The topological polar surface area (TPSA) is 42.7 Å². The maximum Gasteiger partial charge on any atom is 0.144 e. The number of aryl methyl sites for hydroxylation is 1. The molecule has 0 bridgehead atoms. The minimum absolute atomic E-state index is 0.763. The van der Waals surface area contributed by atoms with Gasteiger partial charge in [0, 0.05) is 18.8 Å². The summed E-state index contributed by atoms with van der Waals surface area (Å²) in [5.74, 6) is 2.33. The molecule has 1 aliphatic heterocycles. The number of nitrogens with one attached hydrogen (secondary N) is 1. The zero-order chi connectivity index (χ0) is 9.80. The largest absolute Gasteiger partial charge is 0.368 e. The normalized spacial score (nSPS) is 22.2. The van der Waals surface area contributed by atoms with Crippen molar-refractivity contribution in [2.24, 2.45) is 7.05 Å². The molecule has 1 saturated heterocycles.